The van der Waals surface area contributed by atoms with Gasteiger partial charge in [-0.15, -0.1) is 0 Å². The number of methoxy groups -OCH3 is 1. The van der Waals surface area contributed by atoms with Gasteiger partial charge in [0.25, 0.3) is 5.56 Å². The van der Waals surface area contributed by atoms with Gasteiger partial charge in [0, 0.05) is 6.54 Å². The molecule has 0 aliphatic rings. The molecule has 0 radical (unpaired) electrons. The number of carbonyl (C=O) groups excluding carboxylic acids is 1. The number of fused-ring (bicyclic) bond motifs is 1. The first-order valence-electron chi connectivity index (χ1n) is 12.6. The highest BCUT2D eigenvalue weighted by Crippen LogP contribution is 2.29. The highest BCUT2D eigenvalue weighted by Gasteiger charge is 2.30. The van der Waals surface area contributed by atoms with Crippen LogP contribution in [0.3, 0.4) is 0 Å². The van der Waals surface area contributed by atoms with Crippen LogP contribution >= 0.6 is 0 Å². The number of aromatic nitrogens is 2. The second kappa shape index (κ2) is 11.3. The lowest BCUT2D eigenvalue weighted by molar-refractivity contribution is 0.171. The molecule has 0 spiro atoms. The summed E-state index contributed by atoms with van der Waals surface area (Å²) in [7, 11) is 1.57. The number of amides is 2. The summed E-state index contributed by atoms with van der Waals surface area (Å²) in [6, 6.07) is 21.7. The number of hydrogen-bond donors (Lipinski definition) is 1. The van der Waals surface area contributed by atoms with Crippen molar-refractivity contribution in [3.05, 3.63) is 94.5 Å². The van der Waals surface area contributed by atoms with Crippen molar-refractivity contribution in [3.8, 4) is 11.4 Å². The lowest BCUT2D eigenvalue weighted by atomic mass is 10.1. The Morgan fingerprint density at radius 2 is 1.78 bits per heavy atom. The van der Waals surface area contributed by atoms with E-state index < -0.39 is 6.04 Å². The summed E-state index contributed by atoms with van der Waals surface area (Å²) >= 11 is 0. The summed E-state index contributed by atoms with van der Waals surface area (Å²) in [6.45, 7) is 8.62. The Kier molecular flexibility index (Phi) is 7.92. The van der Waals surface area contributed by atoms with Gasteiger partial charge in [0.1, 0.15) is 11.6 Å². The van der Waals surface area contributed by atoms with E-state index >= 15 is 0 Å². The average molecular weight is 499 g/mol. The van der Waals surface area contributed by atoms with E-state index in [2.05, 4.69) is 19.2 Å². The molecule has 37 heavy (non-hydrogen) atoms. The number of nitrogens with one attached hydrogen (secondary N) is 1. The quantitative estimate of drug-likeness (QED) is 0.307. The van der Waals surface area contributed by atoms with E-state index in [0.717, 1.165) is 11.3 Å². The molecule has 1 N–H and O–H groups in total. The summed E-state index contributed by atoms with van der Waals surface area (Å²) in [5, 5.41) is 3.56. The van der Waals surface area contributed by atoms with Gasteiger partial charge in [0.15, 0.2) is 0 Å². The van der Waals surface area contributed by atoms with Crippen LogP contribution in [-0.2, 0) is 0 Å². The van der Waals surface area contributed by atoms with E-state index in [4.69, 9.17) is 9.72 Å². The Morgan fingerprint density at radius 3 is 2.49 bits per heavy atom. The molecular formula is C30H34N4O3. The monoisotopic (exact) mass is 498 g/mol. The highest BCUT2D eigenvalue weighted by molar-refractivity contribution is 5.91. The summed E-state index contributed by atoms with van der Waals surface area (Å²) < 4.78 is 7.10. The Bertz CT molecular complexity index is 1460. The van der Waals surface area contributed by atoms with Crippen molar-refractivity contribution < 1.29 is 9.53 Å². The summed E-state index contributed by atoms with van der Waals surface area (Å²) in [4.78, 5) is 34.4. The molecule has 7 heteroatoms. The molecule has 3 aromatic carbocycles. The number of rotatable bonds is 8. The molecule has 0 bridgehead atoms. The van der Waals surface area contributed by atoms with E-state index in [9.17, 15) is 9.59 Å². The second-order valence-electron chi connectivity index (χ2n) is 9.57. The van der Waals surface area contributed by atoms with Crippen LogP contribution in [0.5, 0.6) is 5.75 Å². The standard InChI is InChI=1S/C30H34N4O3/c1-6-26(33(19-20(2)3)30(36)32-25-16-9-10-17-27(25)37-5)28-31-24-15-8-7-14-23(24)29(35)34(28)22-13-11-12-21(4)18-22/h7-18,20,26H,6,19H2,1-5H3,(H,32,36). The molecule has 4 rings (SSSR count). The number of para-hydroxylation sites is 3. The van der Waals surface area contributed by atoms with Crippen LogP contribution in [0.2, 0.25) is 0 Å². The molecular weight excluding hydrogens is 464 g/mol. The zero-order valence-electron chi connectivity index (χ0n) is 22.1. The van der Waals surface area contributed by atoms with Gasteiger partial charge in [-0.05, 0) is 61.2 Å². The molecule has 0 saturated heterocycles. The summed E-state index contributed by atoms with van der Waals surface area (Å²) in [6.07, 6.45) is 0.572. The van der Waals surface area contributed by atoms with Crippen molar-refractivity contribution in [1.29, 1.82) is 0 Å². The largest absolute Gasteiger partial charge is 0.495 e. The van der Waals surface area contributed by atoms with Gasteiger partial charge < -0.3 is 15.0 Å². The Labute approximate surface area is 217 Å². The van der Waals surface area contributed by atoms with Crippen LogP contribution in [0.1, 0.15) is 44.6 Å². The molecule has 0 saturated carbocycles. The fraction of sp³-hybridized carbons (Fsp3) is 0.300. The van der Waals surface area contributed by atoms with Gasteiger partial charge in [-0.25, -0.2) is 9.78 Å². The van der Waals surface area contributed by atoms with E-state index in [0.29, 0.717) is 41.1 Å². The summed E-state index contributed by atoms with van der Waals surface area (Å²) in [5.74, 6) is 1.30. The average Bonchev–Trinajstić information content (AvgIpc) is 2.88. The smallest absolute Gasteiger partial charge is 0.322 e. The maximum atomic E-state index is 13.9. The number of ether oxygens (including phenoxy) is 1. The number of carbonyl (C=O) groups is 1. The molecule has 1 unspecified atom stereocenters. The number of benzene rings is 3. The third-order valence-corrected chi connectivity index (χ3v) is 6.29. The van der Waals surface area contributed by atoms with Gasteiger partial charge in [0.2, 0.25) is 0 Å². The topological polar surface area (TPSA) is 76.5 Å². The molecule has 192 valence electrons. The van der Waals surface area contributed by atoms with Crippen molar-refractivity contribution in [3.63, 3.8) is 0 Å². The third kappa shape index (κ3) is 5.50. The van der Waals surface area contributed by atoms with Crippen LogP contribution in [0.15, 0.2) is 77.6 Å². The maximum absolute atomic E-state index is 13.9. The first-order chi connectivity index (χ1) is 17.8. The van der Waals surface area contributed by atoms with Crippen molar-refractivity contribution in [2.45, 2.75) is 40.2 Å². The van der Waals surface area contributed by atoms with Crippen molar-refractivity contribution in [2.75, 3.05) is 19.0 Å². The van der Waals surface area contributed by atoms with Gasteiger partial charge in [-0.2, -0.15) is 0 Å². The molecule has 1 atom stereocenters. The first kappa shape index (κ1) is 25.9. The number of nitrogens with zero attached hydrogens (tertiary/aromatic N) is 3. The van der Waals surface area contributed by atoms with Crippen molar-refractivity contribution >= 4 is 22.6 Å². The van der Waals surface area contributed by atoms with Crippen molar-refractivity contribution in [1.82, 2.24) is 14.5 Å². The predicted molar refractivity (Wildman–Crippen MR) is 149 cm³/mol. The molecule has 1 aromatic heterocycles. The molecule has 2 amide bonds. The van der Waals surface area contributed by atoms with E-state index in [-0.39, 0.29) is 17.5 Å². The van der Waals surface area contributed by atoms with Crippen LogP contribution in [0.4, 0.5) is 10.5 Å². The fourth-order valence-electron chi connectivity index (χ4n) is 4.61. The highest BCUT2D eigenvalue weighted by atomic mass is 16.5. The zero-order valence-corrected chi connectivity index (χ0v) is 22.1. The second-order valence-corrected chi connectivity index (χ2v) is 9.57. The molecule has 0 fully saturated rings. The fourth-order valence-corrected chi connectivity index (χ4v) is 4.61. The van der Waals surface area contributed by atoms with Crippen LogP contribution in [-0.4, -0.2) is 34.1 Å². The summed E-state index contributed by atoms with van der Waals surface area (Å²) in [5.41, 5.74) is 2.80. The van der Waals surface area contributed by atoms with E-state index in [1.807, 2.05) is 74.5 Å². The lowest BCUT2D eigenvalue weighted by Gasteiger charge is -2.33. The molecule has 0 aliphatic carbocycles. The van der Waals surface area contributed by atoms with Crippen LogP contribution in [0.25, 0.3) is 16.6 Å². The number of hydrogen-bond acceptors (Lipinski definition) is 4. The molecule has 0 aliphatic heterocycles. The SMILES string of the molecule is CCC(c1nc2ccccc2c(=O)n1-c1cccc(C)c1)N(CC(C)C)C(=O)Nc1ccccc1OC. The Morgan fingerprint density at radius 1 is 1.05 bits per heavy atom. The van der Waals surface area contributed by atoms with Crippen LogP contribution in [0, 0.1) is 12.8 Å². The first-order valence-corrected chi connectivity index (χ1v) is 12.6. The Balaban J connectivity index is 1.89. The molecule has 7 nitrogen and oxygen atoms in total. The van der Waals surface area contributed by atoms with Gasteiger partial charge in [-0.1, -0.05) is 57.2 Å². The number of anilines is 1. The normalized spacial score (nSPS) is 11.9. The minimum Gasteiger partial charge on any atom is -0.495 e. The minimum absolute atomic E-state index is 0.153. The van der Waals surface area contributed by atoms with Gasteiger partial charge in [-0.3, -0.25) is 9.36 Å². The van der Waals surface area contributed by atoms with Crippen molar-refractivity contribution in [2.24, 2.45) is 5.92 Å². The van der Waals surface area contributed by atoms with Gasteiger partial charge >= 0.3 is 6.03 Å². The maximum Gasteiger partial charge on any atom is 0.322 e. The third-order valence-electron chi connectivity index (χ3n) is 6.29. The molecule has 4 aromatic rings. The minimum atomic E-state index is -0.449. The predicted octanol–water partition coefficient (Wildman–Crippen LogP) is 6.34. The van der Waals surface area contributed by atoms with E-state index in [1.165, 1.54) is 0 Å². The molecule has 1 heterocycles. The van der Waals surface area contributed by atoms with Gasteiger partial charge in [0.05, 0.1) is 35.4 Å². The number of aryl methyl sites for hydroxylation is 1. The van der Waals surface area contributed by atoms with E-state index in [1.54, 1.807) is 28.7 Å². The lowest BCUT2D eigenvalue weighted by Crippen LogP contribution is -2.42. The van der Waals surface area contributed by atoms with Crippen LogP contribution < -0.4 is 15.6 Å². The zero-order chi connectivity index (χ0) is 26.5. The Hall–Kier alpha value is -4.13. The number of urea groups is 1.